The highest BCUT2D eigenvalue weighted by Crippen LogP contribution is 2.29. The van der Waals surface area contributed by atoms with Crippen LogP contribution >= 0.6 is 0 Å². The highest BCUT2D eigenvalue weighted by atomic mass is 19.1. The number of hydrogen-bond acceptors (Lipinski definition) is 5. The van der Waals surface area contributed by atoms with Gasteiger partial charge in [-0.15, -0.1) is 0 Å². The second-order valence-corrected chi connectivity index (χ2v) is 7.60. The largest absolute Gasteiger partial charge is 0.394 e. The van der Waals surface area contributed by atoms with E-state index in [0.717, 1.165) is 0 Å². The van der Waals surface area contributed by atoms with Crippen LogP contribution < -0.4 is 5.32 Å². The van der Waals surface area contributed by atoms with E-state index in [9.17, 15) is 18.7 Å². The SMILES string of the molecule is COC(CO)[C@@H](Cn1cccn1)NC(=O)c1cccc(F)c1-c1cc(-c2ccc(F)cc2)n[nH]1. The Kier molecular flexibility index (Phi) is 7.09. The molecule has 2 atom stereocenters. The lowest BCUT2D eigenvalue weighted by Crippen LogP contribution is -2.48. The van der Waals surface area contributed by atoms with Gasteiger partial charge in [-0.05, 0) is 48.5 Å². The number of aromatic amines is 1. The van der Waals surface area contributed by atoms with Crippen molar-refractivity contribution < 1.29 is 23.4 Å². The first-order chi connectivity index (χ1) is 16.5. The molecule has 2 heterocycles. The highest BCUT2D eigenvalue weighted by Gasteiger charge is 2.26. The van der Waals surface area contributed by atoms with E-state index in [0.29, 0.717) is 11.3 Å². The van der Waals surface area contributed by atoms with Gasteiger partial charge in [-0.1, -0.05) is 6.07 Å². The van der Waals surface area contributed by atoms with E-state index in [4.69, 9.17) is 4.74 Å². The van der Waals surface area contributed by atoms with Crippen molar-refractivity contribution in [3.63, 3.8) is 0 Å². The van der Waals surface area contributed by atoms with E-state index in [1.165, 1.54) is 37.4 Å². The zero-order valence-electron chi connectivity index (χ0n) is 18.3. The Morgan fingerprint density at radius 2 is 2.00 bits per heavy atom. The van der Waals surface area contributed by atoms with E-state index in [2.05, 4.69) is 20.6 Å². The van der Waals surface area contributed by atoms with E-state index in [-0.39, 0.29) is 35.8 Å². The topological polar surface area (TPSA) is 105 Å². The zero-order chi connectivity index (χ0) is 24.1. The Morgan fingerprint density at radius 1 is 1.21 bits per heavy atom. The number of ether oxygens (including phenoxy) is 1. The smallest absolute Gasteiger partial charge is 0.252 e. The summed E-state index contributed by atoms with van der Waals surface area (Å²) in [6.07, 6.45) is 2.61. The lowest BCUT2D eigenvalue weighted by Gasteiger charge is -2.26. The first-order valence-corrected chi connectivity index (χ1v) is 10.5. The fourth-order valence-electron chi connectivity index (χ4n) is 3.68. The lowest BCUT2D eigenvalue weighted by molar-refractivity contribution is 0.0167. The number of aliphatic hydroxyl groups excluding tert-OH is 1. The molecule has 4 aromatic rings. The molecule has 0 fully saturated rings. The van der Waals surface area contributed by atoms with Crippen molar-refractivity contribution in [2.24, 2.45) is 0 Å². The van der Waals surface area contributed by atoms with Crippen molar-refractivity contribution in [1.82, 2.24) is 25.3 Å². The first kappa shape index (κ1) is 23.3. The number of aliphatic hydroxyl groups is 1. The molecule has 8 nitrogen and oxygen atoms in total. The van der Waals surface area contributed by atoms with Crippen molar-refractivity contribution in [2.45, 2.75) is 18.7 Å². The average molecular weight is 467 g/mol. The Hall–Kier alpha value is -3.89. The molecule has 4 rings (SSSR count). The Morgan fingerprint density at radius 3 is 2.68 bits per heavy atom. The number of rotatable bonds is 9. The van der Waals surface area contributed by atoms with E-state index in [1.54, 1.807) is 41.3 Å². The number of H-pyrrole nitrogens is 1. The lowest BCUT2D eigenvalue weighted by atomic mass is 10.0. The van der Waals surface area contributed by atoms with Gasteiger partial charge < -0.3 is 15.2 Å². The predicted octanol–water partition coefficient (Wildman–Crippen LogP) is 3.02. The van der Waals surface area contributed by atoms with E-state index < -0.39 is 23.9 Å². The van der Waals surface area contributed by atoms with Gasteiger partial charge in [0, 0.05) is 30.6 Å². The maximum Gasteiger partial charge on any atom is 0.252 e. The minimum atomic E-state index is -0.706. The van der Waals surface area contributed by atoms with Gasteiger partial charge in [0.1, 0.15) is 17.7 Å². The van der Waals surface area contributed by atoms with Crippen LogP contribution in [0.15, 0.2) is 67.0 Å². The van der Waals surface area contributed by atoms with Gasteiger partial charge >= 0.3 is 0 Å². The minimum Gasteiger partial charge on any atom is -0.394 e. The van der Waals surface area contributed by atoms with Crippen LogP contribution in [0.3, 0.4) is 0 Å². The highest BCUT2D eigenvalue weighted by molar-refractivity contribution is 6.01. The van der Waals surface area contributed by atoms with Gasteiger partial charge in [0.2, 0.25) is 0 Å². The standard InChI is InChI=1S/C24H23F2N5O3/c1-34-22(14-32)21(13-31-11-3-10-27-31)28-24(33)17-4-2-5-18(26)23(17)20-12-19(29-30-20)15-6-8-16(25)9-7-15/h2-12,21-22,32H,13-14H2,1H3,(H,28,33)(H,29,30)/t21-,22?/m1/s1. The third-order valence-electron chi connectivity index (χ3n) is 5.44. The third-order valence-corrected chi connectivity index (χ3v) is 5.44. The van der Waals surface area contributed by atoms with Gasteiger partial charge in [-0.2, -0.15) is 10.2 Å². The molecule has 0 saturated heterocycles. The number of benzene rings is 2. The fraction of sp³-hybridized carbons (Fsp3) is 0.208. The van der Waals surface area contributed by atoms with Crippen LogP contribution in [0.2, 0.25) is 0 Å². The quantitative estimate of drug-likeness (QED) is 0.351. The molecule has 0 bridgehead atoms. The maximum absolute atomic E-state index is 14.9. The van der Waals surface area contributed by atoms with Crippen LogP contribution in [-0.2, 0) is 11.3 Å². The number of methoxy groups -OCH3 is 1. The summed E-state index contributed by atoms with van der Waals surface area (Å²) in [5.41, 5.74) is 1.51. The summed E-state index contributed by atoms with van der Waals surface area (Å²) in [5.74, 6) is -1.55. The maximum atomic E-state index is 14.9. The van der Waals surface area contributed by atoms with Crippen LogP contribution in [0.1, 0.15) is 10.4 Å². The molecule has 1 unspecified atom stereocenters. The summed E-state index contributed by atoms with van der Waals surface area (Å²) in [6, 6.07) is 12.6. The Balaban J connectivity index is 1.64. The van der Waals surface area contributed by atoms with Crippen LogP contribution in [-0.4, -0.2) is 56.9 Å². The summed E-state index contributed by atoms with van der Waals surface area (Å²) in [6.45, 7) is -0.0957. The van der Waals surface area contributed by atoms with Crippen LogP contribution in [0.25, 0.3) is 22.5 Å². The number of halogens is 2. The molecule has 0 aliphatic heterocycles. The average Bonchev–Trinajstić information content (AvgIpc) is 3.52. The molecule has 3 N–H and O–H groups in total. The molecule has 0 aliphatic carbocycles. The monoisotopic (exact) mass is 467 g/mol. The van der Waals surface area contributed by atoms with Gasteiger partial charge in [0.15, 0.2) is 0 Å². The number of aromatic nitrogens is 4. The van der Waals surface area contributed by atoms with Crippen molar-refractivity contribution in [3.05, 3.63) is 84.2 Å². The number of carbonyl (C=O) groups excluding carboxylic acids is 1. The van der Waals surface area contributed by atoms with Crippen molar-refractivity contribution in [2.75, 3.05) is 13.7 Å². The molecule has 0 saturated carbocycles. The van der Waals surface area contributed by atoms with Crippen molar-refractivity contribution in [1.29, 1.82) is 0 Å². The summed E-state index contributed by atoms with van der Waals surface area (Å²) in [5, 5.41) is 23.6. The molecule has 176 valence electrons. The normalized spacial score (nSPS) is 12.9. The number of carbonyl (C=O) groups is 1. The predicted molar refractivity (Wildman–Crippen MR) is 121 cm³/mol. The van der Waals surface area contributed by atoms with Crippen molar-refractivity contribution in [3.8, 4) is 22.5 Å². The molecule has 10 heteroatoms. The number of nitrogens with zero attached hydrogens (tertiary/aromatic N) is 3. The zero-order valence-corrected chi connectivity index (χ0v) is 18.3. The van der Waals surface area contributed by atoms with Gasteiger partial charge in [0.05, 0.1) is 36.1 Å². The Labute approximate surface area is 194 Å². The number of amides is 1. The molecular weight excluding hydrogens is 444 g/mol. The van der Waals surface area contributed by atoms with Crippen LogP contribution in [0, 0.1) is 11.6 Å². The van der Waals surface area contributed by atoms with Gasteiger partial charge in [-0.3, -0.25) is 14.6 Å². The number of nitrogens with one attached hydrogen (secondary N) is 2. The third kappa shape index (κ3) is 5.03. The van der Waals surface area contributed by atoms with E-state index in [1.807, 2.05) is 0 Å². The molecular formula is C24H23F2N5O3. The summed E-state index contributed by atoms with van der Waals surface area (Å²) < 4.78 is 35.1. The van der Waals surface area contributed by atoms with Crippen LogP contribution in [0.5, 0.6) is 0 Å². The van der Waals surface area contributed by atoms with Crippen LogP contribution in [0.4, 0.5) is 8.78 Å². The molecule has 2 aromatic heterocycles. The van der Waals surface area contributed by atoms with E-state index >= 15 is 0 Å². The summed E-state index contributed by atoms with van der Waals surface area (Å²) in [7, 11) is 1.43. The van der Waals surface area contributed by atoms with Gasteiger partial charge in [-0.25, -0.2) is 8.78 Å². The number of hydrogen-bond donors (Lipinski definition) is 3. The molecule has 0 radical (unpaired) electrons. The second-order valence-electron chi connectivity index (χ2n) is 7.60. The first-order valence-electron chi connectivity index (χ1n) is 10.5. The molecule has 0 aliphatic rings. The minimum absolute atomic E-state index is 0.0386. The summed E-state index contributed by atoms with van der Waals surface area (Å²) in [4.78, 5) is 13.3. The molecule has 1 amide bonds. The molecule has 0 spiro atoms. The molecule has 34 heavy (non-hydrogen) atoms. The Bertz CT molecular complexity index is 1240. The van der Waals surface area contributed by atoms with Crippen molar-refractivity contribution >= 4 is 5.91 Å². The second kappa shape index (κ2) is 10.4. The fourth-order valence-corrected chi connectivity index (χ4v) is 3.68. The van der Waals surface area contributed by atoms with Gasteiger partial charge in [0.25, 0.3) is 5.91 Å². The summed E-state index contributed by atoms with van der Waals surface area (Å²) >= 11 is 0. The molecule has 2 aromatic carbocycles.